The van der Waals surface area contributed by atoms with Crippen LogP contribution in [-0.2, 0) is 0 Å². The van der Waals surface area contributed by atoms with Gasteiger partial charge in [-0.3, -0.25) is 0 Å². The number of rotatable bonds is 4. The van der Waals surface area contributed by atoms with E-state index in [-0.39, 0.29) is 23.7 Å². The molecule has 0 spiro atoms. The number of benzene rings is 1. The van der Waals surface area contributed by atoms with E-state index in [2.05, 4.69) is 0 Å². The van der Waals surface area contributed by atoms with E-state index in [1.165, 1.54) is 6.07 Å². The van der Waals surface area contributed by atoms with E-state index in [9.17, 15) is 14.6 Å². The third-order valence-electron chi connectivity index (χ3n) is 2.35. The van der Waals surface area contributed by atoms with Crippen LogP contribution < -0.4 is 5.73 Å². The van der Waals surface area contributed by atoms with Gasteiger partial charge in [-0.25, -0.2) is 4.39 Å². The Balaban J connectivity index is 0.00000225. The van der Waals surface area contributed by atoms with Crippen LogP contribution in [0.3, 0.4) is 0 Å². The summed E-state index contributed by atoms with van der Waals surface area (Å²) in [5.74, 6) is -0.555. The van der Waals surface area contributed by atoms with Crippen molar-refractivity contribution in [3.8, 4) is 5.75 Å². The first-order valence-corrected chi connectivity index (χ1v) is 4.98. The van der Waals surface area contributed by atoms with Crippen LogP contribution in [0.4, 0.5) is 4.39 Å². The van der Waals surface area contributed by atoms with E-state index < -0.39 is 18.0 Å². The molecule has 0 aliphatic heterocycles. The Bertz CT molecular complexity index is 336. The lowest BCUT2D eigenvalue weighted by Crippen LogP contribution is -2.26. The van der Waals surface area contributed by atoms with Gasteiger partial charge in [0, 0.05) is 5.56 Å². The normalized spacial score (nSPS) is 14.0. The van der Waals surface area contributed by atoms with Crippen molar-refractivity contribution in [2.45, 2.75) is 31.9 Å². The van der Waals surface area contributed by atoms with Gasteiger partial charge in [-0.15, -0.1) is 12.4 Å². The third kappa shape index (κ3) is 3.63. The average Bonchev–Trinajstić information content (AvgIpc) is 2.21. The zero-order valence-electron chi connectivity index (χ0n) is 9.06. The SMILES string of the molecule is CCC[C@@H](O)[C@@H](N)c1cc(F)ccc1O.Cl. The molecule has 4 N–H and O–H groups in total. The summed E-state index contributed by atoms with van der Waals surface area (Å²) in [6.45, 7) is 1.92. The van der Waals surface area contributed by atoms with Gasteiger partial charge in [0.1, 0.15) is 11.6 Å². The Hall–Kier alpha value is -0.840. The average molecular weight is 250 g/mol. The maximum Gasteiger partial charge on any atom is 0.123 e. The number of phenolic OH excluding ortho intramolecular Hbond substituents is 1. The molecule has 1 aromatic rings. The van der Waals surface area contributed by atoms with Gasteiger partial charge in [-0.05, 0) is 24.6 Å². The number of aromatic hydroxyl groups is 1. The molecule has 0 aliphatic rings. The molecule has 0 saturated heterocycles. The van der Waals surface area contributed by atoms with Crippen molar-refractivity contribution >= 4 is 12.4 Å². The highest BCUT2D eigenvalue weighted by Crippen LogP contribution is 2.26. The number of aliphatic hydroxyl groups excluding tert-OH is 1. The molecule has 1 aromatic carbocycles. The van der Waals surface area contributed by atoms with Gasteiger partial charge >= 0.3 is 0 Å². The summed E-state index contributed by atoms with van der Waals surface area (Å²) >= 11 is 0. The van der Waals surface area contributed by atoms with E-state index in [0.29, 0.717) is 6.42 Å². The van der Waals surface area contributed by atoms with Crippen LogP contribution in [0, 0.1) is 5.82 Å². The number of nitrogens with two attached hydrogens (primary N) is 1. The van der Waals surface area contributed by atoms with Crippen molar-refractivity contribution in [2.24, 2.45) is 5.73 Å². The highest BCUT2D eigenvalue weighted by atomic mass is 35.5. The number of hydrogen-bond donors (Lipinski definition) is 3. The summed E-state index contributed by atoms with van der Waals surface area (Å²) < 4.78 is 12.9. The summed E-state index contributed by atoms with van der Waals surface area (Å²) in [6.07, 6.45) is 0.546. The highest BCUT2D eigenvalue weighted by molar-refractivity contribution is 5.85. The fourth-order valence-corrected chi connectivity index (χ4v) is 1.47. The lowest BCUT2D eigenvalue weighted by atomic mass is 9.98. The predicted octanol–water partition coefficient (Wildman–Crippen LogP) is 2.11. The summed E-state index contributed by atoms with van der Waals surface area (Å²) in [5, 5.41) is 19.1. The zero-order chi connectivity index (χ0) is 11.4. The van der Waals surface area contributed by atoms with E-state index >= 15 is 0 Å². The Morgan fingerprint density at radius 2 is 2.06 bits per heavy atom. The number of halogens is 2. The number of hydrogen-bond acceptors (Lipinski definition) is 3. The second-order valence-electron chi connectivity index (χ2n) is 3.58. The molecule has 0 aliphatic carbocycles. The summed E-state index contributed by atoms with van der Waals surface area (Å²) in [5.41, 5.74) is 5.96. The Morgan fingerprint density at radius 3 is 2.62 bits per heavy atom. The Morgan fingerprint density at radius 1 is 1.44 bits per heavy atom. The van der Waals surface area contributed by atoms with Gasteiger partial charge in [-0.1, -0.05) is 13.3 Å². The molecule has 1 rings (SSSR count). The van der Waals surface area contributed by atoms with Crippen LogP contribution in [-0.4, -0.2) is 16.3 Å². The first kappa shape index (κ1) is 15.2. The molecule has 5 heteroatoms. The minimum atomic E-state index is -0.761. The molecular weight excluding hydrogens is 233 g/mol. The van der Waals surface area contributed by atoms with E-state index in [0.717, 1.165) is 18.6 Å². The minimum Gasteiger partial charge on any atom is -0.508 e. The molecule has 92 valence electrons. The van der Waals surface area contributed by atoms with Gasteiger partial charge in [0.05, 0.1) is 12.1 Å². The Labute approximate surface area is 101 Å². The van der Waals surface area contributed by atoms with Crippen molar-refractivity contribution in [1.82, 2.24) is 0 Å². The second-order valence-corrected chi connectivity index (χ2v) is 3.58. The quantitative estimate of drug-likeness (QED) is 0.766. The molecule has 0 bridgehead atoms. The van der Waals surface area contributed by atoms with E-state index in [1.807, 2.05) is 6.92 Å². The summed E-state index contributed by atoms with van der Waals surface area (Å²) in [6, 6.07) is 2.79. The van der Waals surface area contributed by atoms with Crippen LogP contribution >= 0.6 is 12.4 Å². The lowest BCUT2D eigenvalue weighted by Gasteiger charge is -2.19. The molecule has 2 atom stereocenters. The van der Waals surface area contributed by atoms with Gasteiger partial charge in [-0.2, -0.15) is 0 Å². The summed E-state index contributed by atoms with van der Waals surface area (Å²) in [4.78, 5) is 0. The number of aliphatic hydroxyl groups is 1. The van der Waals surface area contributed by atoms with Crippen LogP contribution in [0.25, 0.3) is 0 Å². The van der Waals surface area contributed by atoms with E-state index in [1.54, 1.807) is 0 Å². The highest BCUT2D eigenvalue weighted by Gasteiger charge is 2.19. The lowest BCUT2D eigenvalue weighted by molar-refractivity contribution is 0.133. The topological polar surface area (TPSA) is 66.5 Å². The third-order valence-corrected chi connectivity index (χ3v) is 2.35. The van der Waals surface area contributed by atoms with Crippen LogP contribution in [0.1, 0.15) is 31.4 Å². The smallest absolute Gasteiger partial charge is 0.123 e. The molecule has 0 aromatic heterocycles. The molecule has 0 saturated carbocycles. The maximum atomic E-state index is 12.9. The van der Waals surface area contributed by atoms with Crippen molar-refractivity contribution in [1.29, 1.82) is 0 Å². The maximum absolute atomic E-state index is 12.9. The zero-order valence-corrected chi connectivity index (χ0v) is 9.88. The first-order valence-electron chi connectivity index (χ1n) is 4.98. The monoisotopic (exact) mass is 249 g/mol. The minimum absolute atomic E-state index is 0. The fraction of sp³-hybridized carbons (Fsp3) is 0.455. The van der Waals surface area contributed by atoms with Crippen molar-refractivity contribution in [3.63, 3.8) is 0 Å². The predicted molar refractivity (Wildman–Crippen MR) is 63.2 cm³/mol. The first-order chi connectivity index (χ1) is 7.06. The number of phenols is 1. The molecule has 3 nitrogen and oxygen atoms in total. The van der Waals surface area contributed by atoms with Gasteiger partial charge in [0.25, 0.3) is 0 Å². The van der Waals surface area contributed by atoms with Crippen LogP contribution in [0.2, 0.25) is 0 Å². The van der Waals surface area contributed by atoms with Crippen molar-refractivity contribution < 1.29 is 14.6 Å². The van der Waals surface area contributed by atoms with E-state index in [4.69, 9.17) is 5.73 Å². The molecule has 16 heavy (non-hydrogen) atoms. The molecule has 0 heterocycles. The second kappa shape index (κ2) is 6.68. The van der Waals surface area contributed by atoms with Gasteiger partial charge in [0.15, 0.2) is 0 Å². The molecule has 0 amide bonds. The van der Waals surface area contributed by atoms with Gasteiger partial charge in [0.2, 0.25) is 0 Å². The van der Waals surface area contributed by atoms with Gasteiger partial charge < -0.3 is 15.9 Å². The molecule has 0 unspecified atom stereocenters. The summed E-state index contributed by atoms with van der Waals surface area (Å²) in [7, 11) is 0. The fourth-order valence-electron chi connectivity index (χ4n) is 1.47. The molecular formula is C11H17ClFNO2. The molecule has 0 fully saturated rings. The van der Waals surface area contributed by atoms with Crippen LogP contribution in [0.15, 0.2) is 18.2 Å². The standard InChI is InChI=1S/C11H16FNO2.ClH/c1-2-3-10(15)11(13)8-6-7(12)4-5-9(8)14;/h4-6,10-11,14-15H,2-3,13H2,1H3;1H/t10-,11+;/m1./s1. The molecule has 0 radical (unpaired) electrons. The van der Waals surface area contributed by atoms with Crippen LogP contribution in [0.5, 0.6) is 5.75 Å². The van der Waals surface area contributed by atoms with Crippen molar-refractivity contribution in [2.75, 3.05) is 0 Å². The van der Waals surface area contributed by atoms with Crippen molar-refractivity contribution in [3.05, 3.63) is 29.6 Å². The largest absolute Gasteiger partial charge is 0.508 e. The Kier molecular flexibility index (Phi) is 6.33.